The maximum Gasteiger partial charge on any atom is 0.303 e. The number of carbonyl (C=O) groups excluding carboxylic acids is 1. The van der Waals surface area contributed by atoms with E-state index in [4.69, 9.17) is 10.9 Å². The molecule has 0 aromatic carbocycles. The highest BCUT2D eigenvalue weighted by Gasteiger charge is 2.26. The molecule has 0 rings (SSSR count). The van der Waals surface area contributed by atoms with Crippen LogP contribution in [0.15, 0.2) is 0 Å². The van der Waals surface area contributed by atoms with Crippen molar-refractivity contribution in [2.24, 2.45) is 23.6 Å². The van der Waals surface area contributed by atoms with E-state index in [2.05, 4.69) is 13.8 Å². The van der Waals surface area contributed by atoms with E-state index >= 15 is 0 Å². The lowest BCUT2D eigenvalue weighted by atomic mass is 9.80. The van der Waals surface area contributed by atoms with E-state index in [0.717, 1.165) is 11.4 Å². The van der Waals surface area contributed by atoms with E-state index < -0.39 is 5.97 Å². The number of amides is 1. The standard InChI is InChI=1S/C12H24N2O3/c1-5-8(2)9(3)11(6-12(16)17)7-14(13)10(4)15/h8-9,11H,5-7,13H2,1-4H3,(H,16,17). The molecule has 0 bridgehead atoms. The van der Waals surface area contributed by atoms with Gasteiger partial charge >= 0.3 is 5.97 Å². The predicted octanol–water partition coefficient (Wildman–Crippen LogP) is 1.48. The van der Waals surface area contributed by atoms with Gasteiger partial charge in [-0.1, -0.05) is 27.2 Å². The second-order valence-corrected chi connectivity index (χ2v) is 4.77. The number of hydrazine groups is 1. The lowest BCUT2D eigenvalue weighted by Crippen LogP contribution is -2.42. The Balaban J connectivity index is 4.63. The molecule has 0 radical (unpaired) electrons. The number of nitrogens with two attached hydrogens (primary N) is 1. The van der Waals surface area contributed by atoms with E-state index in [-0.39, 0.29) is 24.2 Å². The second kappa shape index (κ2) is 7.27. The SMILES string of the molecule is CCC(C)C(C)C(CC(=O)O)CN(N)C(C)=O. The summed E-state index contributed by atoms with van der Waals surface area (Å²) in [6, 6.07) is 0. The first-order valence-electron chi connectivity index (χ1n) is 6.04. The Labute approximate surface area is 103 Å². The molecule has 0 aromatic rings. The van der Waals surface area contributed by atoms with Crippen LogP contribution in [0.1, 0.15) is 40.5 Å². The van der Waals surface area contributed by atoms with Gasteiger partial charge in [-0.05, 0) is 17.8 Å². The highest BCUT2D eigenvalue weighted by Crippen LogP contribution is 2.26. The van der Waals surface area contributed by atoms with Gasteiger partial charge in [0, 0.05) is 13.5 Å². The Hall–Kier alpha value is -1.10. The first kappa shape index (κ1) is 15.9. The maximum atomic E-state index is 11.1. The third-order valence-corrected chi connectivity index (χ3v) is 3.56. The van der Waals surface area contributed by atoms with E-state index in [1.807, 2.05) is 6.92 Å². The van der Waals surface area contributed by atoms with Gasteiger partial charge in [-0.25, -0.2) is 5.84 Å². The Morgan fingerprint density at radius 1 is 1.35 bits per heavy atom. The van der Waals surface area contributed by atoms with Gasteiger partial charge in [0.1, 0.15) is 0 Å². The van der Waals surface area contributed by atoms with Crippen LogP contribution in [0.5, 0.6) is 0 Å². The third-order valence-electron chi connectivity index (χ3n) is 3.56. The molecule has 0 saturated carbocycles. The fourth-order valence-corrected chi connectivity index (χ4v) is 1.86. The molecule has 0 aliphatic rings. The molecule has 3 N–H and O–H groups in total. The van der Waals surface area contributed by atoms with Crippen LogP contribution in [-0.4, -0.2) is 28.5 Å². The molecular weight excluding hydrogens is 220 g/mol. The number of hydrogen-bond donors (Lipinski definition) is 2. The number of carboxylic acid groups (broad SMARTS) is 1. The largest absolute Gasteiger partial charge is 0.481 e. The van der Waals surface area contributed by atoms with Gasteiger partial charge in [-0.3, -0.25) is 14.6 Å². The highest BCUT2D eigenvalue weighted by atomic mass is 16.4. The predicted molar refractivity (Wildman–Crippen MR) is 65.9 cm³/mol. The molecule has 3 unspecified atom stereocenters. The molecule has 5 nitrogen and oxygen atoms in total. The number of carboxylic acids is 1. The third kappa shape index (κ3) is 5.68. The Morgan fingerprint density at radius 3 is 2.24 bits per heavy atom. The zero-order valence-electron chi connectivity index (χ0n) is 11.1. The zero-order chi connectivity index (χ0) is 13.6. The number of carbonyl (C=O) groups is 2. The van der Waals surface area contributed by atoms with E-state index in [1.165, 1.54) is 6.92 Å². The van der Waals surface area contributed by atoms with Crippen molar-refractivity contribution in [1.82, 2.24) is 5.01 Å². The van der Waals surface area contributed by atoms with Gasteiger partial charge in [-0.15, -0.1) is 0 Å². The molecule has 5 heteroatoms. The second-order valence-electron chi connectivity index (χ2n) is 4.77. The molecule has 3 atom stereocenters. The lowest BCUT2D eigenvalue weighted by Gasteiger charge is -2.30. The average molecular weight is 244 g/mol. The molecule has 0 fully saturated rings. The summed E-state index contributed by atoms with van der Waals surface area (Å²) in [4.78, 5) is 21.9. The smallest absolute Gasteiger partial charge is 0.303 e. The monoisotopic (exact) mass is 244 g/mol. The van der Waals surface area contributed by atoms with Gasteiger partial charge in [0.2, 0.25) is 5.91 Å². The molecule has 0 spiro atoms. The van der Waals surface area contributed by atoms with E-state index in [9.17, 15) is 9.59 Å². The minimum Gasteiger partial charge on any atom is -0.481 e. The number of hydrogen-bond acceptors (Lipinski definition) is 3. The van der Waals surface area contributed by atoms with Gasteiger partial charge in [-0.2, -0.15) is 0 Å². The van der Waals surface area contributed by atoms with Crippen LogP contribution < -0.4 is 5.84 Å². The van der Waals surface area contributed by atoms with Gasteiger partial charge < -0.3 is 5.11 Å². The van der Waals surface area contributed by atoms with Crippen LogP contribution in [0.2, 0.25) is 0 Å². The summed E-state index contributed by atoms with van der Waals surface area (Å²) in [5.41, 5.74) is 0. The van der Waals surface area contributed by atoms with Gasteiger partial charge in [0.15, 0.2) is 0 Å². The lowest BCUT2D eigenvalue weighted by molar-refractivity contribution is -0.140. The molecule has 1 amide bonds. The minimum atomic E-state index is -0.845. The van der Waals surface area contributed by atoms with Crippen molar-refractivity contribution in [2.75, 3.05) is 6.54 Å². The van der Waals surface area contributed by atoms with Crippen LogP contribution in [-0.2, 0) is 9.59 Å². The van der Waals surface area contributed by atoms with E-state index in [1.54, 1.807) is 0 Å². The first-order chi connectivity index (χ1) is 7.79. The van der Waals surface area contributed by atoms with Gasteiger partial charge in [0.25, 0.3) is 0 Å². The van der Waals surface area contributed by atoms with Crippen molar-refractivity contribution in [3.63, 3.8) is 0 Å². The van der Waals surface area contributed by atoms with Crippen molar-refractivity contribution in [2.45, 2.75) is 40.5 Å². The molecule has 0 aliphatic carbocycles. The maximum absolute atomic E-state index is 11.1. The van der Waals surface area contributed by atoms with E-state index in [0.29, 0.717) is 12.5 Å². The molecule has 0 saturated heterocycles. The first-order valence-corrected chi connectivity index (χ1v) is 6.04. The molecule has 100 valence electrons. The summed E-state index contributed by atoms with van der Waals surface area (Å²) in [5, 5.41) is 10.00. The number of nitrogens with zero attached hydrogens (tertiary/aromatic N) is 1. The fraction of sp³-hybridized carbons (Fsp3) is 0.833. The molecule has 0 heterocycles. The normalized spacial score (nSPS) is 16.1. The summed E-state index contributed by atoms with van der Waals surface area (Å²) in [5.74, 6) is 5.02. The van der Waals surface area contributed by atoms with Crippen molar-refractivity contribution in [1.29, 1.82) is 0 Å². The van der Waals surface area contributed by atoms with Crippen LogP contribution in [0, 0.1) is 17.8 Å². The van der Waals surface area contributed by atoms with Crippen molar-refractivity contribution >= 4 is 11.9 Å². The van der Waals surface area contributed by atoms with Crippen LogP contribution >= 0.6 is 0 Å². The summed E-state index contributed by atoms with van der Waals surface area (Å²) in [6.45, 7) is 7.87. The Morgan fingerprint density at radius 2 is 1.88 bits per heavy atom. The Bertz CT molecular complexity index is 268. The zero-order valence-corrected chi connectivity index (χ0v) is 11.1. The molecular formula is C12H24N2O3. The van der Waals surface area contributed by atoms with Crippen LogP contribution in [0.4, 0.5) is 0 Å². The topological polar surface area (TPSA) is 83.6 Å². The fourth-order valence-electron chi connectivity index (χ4n) is 1.86. The number of rotatable bonds is 7. The Kier molecular flexibility index (Phi) is 6.80. The molecule has 0 aromatic heterocycles. The average Bonchev–Trinajstić information content (AvgIpc) is 2.25. The number of aliphatic carboxylic acids is 1. The summed E-state index contributed by atoms with van der Waals surface area (Å²) >= 11 is 0. The highest BCUT2D eigenvalue weighted by molar-refractivity contribution is 5.72. The summed E-state index contributed by atoms with van der Waals surface area (Å²) in [7, 11) is 0. The summed E-state index contributed by atoms with van der Waals surface area (Å²) in [6.07, 6.45) is 1.04. The molecule has 0 aliphatic heterocycles. The van der Waals surface area contributed by atoms with Crippen molar-refractivity contribution in [3.05, 3.63) is 0 Å². The van der Waals surface area contributed by atoms with Gasteiger partial charge in [0.05, 0.1) is 6.42 Å². The van der Waals surface area contributed by atoms with Crippen LogP contribution in [0.25, 0.3) is 0 Å². The quantitative estimate of drug-likeness (QED) is 0.403. The summed E-state index contributed by atoms with van der Waals surface area (Å²) < 4.78 is 0. The van der Waals surface area contributed by atoms with Crippen LogP contribution in [0.3, 0.4) is 0 Å². The van der Waals surface area contributed by atoms with Crippen molar-refractivity contribution < 1.29 is 14.7 Å². The minimum absolute atomic E-state index is 0.0481. The van der Waals surface area contributed by atoms with Crippen molar-refractivity contribution in [3.8, 4) is 0 Å². The molecule has 17 heavy (non-hydrogen) atoms.